The van der Waals surface area contributed by atoms with E-state index in [0.29, 0.717) is 39.9 Å². The first-order chi connectivity index (χ1) is 46.6. The van der Waals surface area contributed by atoms with E-state index in [9.17, 15) is 0 Å². The van der Waals surface area contributed by atoms with Crippen molar-refractivity contribution in [2.24, 2.45) is 21.7 Å². The maximum absolute atomic E-state index is 6.06. The van der Waals surface area contributed by atoms with Gasteiger partial charge in [0.25, 0.3) is 0 Å². The summed E-state index contributed by atoms with van der Waals surface area (Å²) in [6, 6.07) is 50.1. The van der Waals surface area contributed by atoms with E-state index in [1.807, 2.05) is 0 Å². The van der Waals surface area contributed by atoms with E-state index >= 15 is 0 Å². The third-order valence-electron chi connectivity index (χ3n) is 21.5. The zero-order valence-electron chi connectivity index (χ0n) is 63.1. The monoisotopic (exact) mass is 1310 g/mol. The Morgan fingerprint density at radius 3 is 1.08 bits per heavy atom. The van der Waals surface area contributed by atoms with Crippen molar-refractivity contribution in [2.45, 2.75) is 269 Å². The van der Waals surface area contributed by atoms with Gasteiger partial charge in [0.05, 0.1) is 0 Å². The fourth-order valence-electron chi connectivity index (χ4n) is 15.8. The lowest BCUT2D eigenvalue weighted by Gasteiger charge is -2.33. The van der Waals surface area contributed by atoms with Crippen LogP contribution in [0.15, 0.2) is 167 Å². The molecular formula is C93H118O5. The Hall–Kier alpha value is -7.24. The highest BCUT2D eigenvalue weighted by Gasteiger charge is 2.31. The lowest BCUT2D eigenvalue weighted by atomic mass is 9.72. The molecule has 5 nitrogen and oxygen atoms in total. The van der Waals surface area contributed by atoms with Crippen molar-refractivity contribution in [3.8, 4) is 0 Å². The van der Waals surface area contributed by atoms with E-state index in [1.165, 1.54) is 216 Å². The highest BCUT2D eigenvalue weighted by atomic mass is 16.4. The maximum atomic E-state index is 6.06. The van der Waals surface area contributed by atoms with Gasteiger partial charge in [0.2, 0.25) is 0 Å². The number of fused-ring (bicyclic) bond motifs is 6. The molecule has 0 spiro atoms. The molecule has 5 aliphatic rings. The normalized spacial score (nSPS) is 17.6. The third kappa shape index (κ3) is 20.0. The van der Waals surface area contributed by atoms with Gasteiger partial charge >= 0.3 is 0 Å². The number of aryl methyl sites for hydroxylation is 6. The van der Waals surface area contributed by atoms with Crippen LogP contribution < -0.4 is 0 Å². The molecule has 0 saturated heterocycles. The molecule has 4 saturated carbocycles. The second-order valence-corrected chi connectivity index (χ2v) is 34.7. The molecule has 0 radical (unpaired) electrons. The minimum absolute atomic E-state index is 0.281. The molecular weight excluding hydrogens is 1200 g/mol. The smallest absolute Gasteiger partial charge is 0.134 e. The number of hydrogen-bond donors (Lipinski definition) is 0. The van der Waals surface area contributed by atoms with Gasteiger partial charge in [0.15, 0.2) is 0 Å². The Labute approximate surface area is 589 Å². The first-order valence-electron chi connectivity index (χ1n) is 37.9. The van der Waals surface area contributed by atoms with Crippen molar-refractivity contribution >= 4 is 60.9 Å². The summed E-state index contributed by atoms with van der Waals surface area (Å²) < 4.78 is 29.9. The fourth-order valence-corrected chi connectivity index (χ4v) is 15.8. The van der Waals surface area contributed by atoms with Crippen LogP contribution >= 0.6 is 0 Å². The van der Waals surface area contributed by atoms with Gasteiger partial charge < -0.3 is 22.1 Å². The van der Waals surface area contributed by atoms with Crippen LogP contribution in [0.1, 0.15) is 288 Å². The van der Waals surface area contributed by atoms with E-state index in [0.717, 1.165) is 46.5 Å². The summed E-state index contributed by atoms with van der Waals surface area (Å²) in [6.45, 7) is 35.9. The molecule has 0 aliphatic heterocycles. The summed E-state index contributed by atoms with van der Waals surface area (Å²) >= 11 is 0. The van der Waals surface area contributed by atoms with Crippen molar-refractivity contribution in [3.63, 3.8) is 0 Å². The van der Waals surface area contributed by atoms with Gasteiger partial charge in [-0.1, -0.05) is 203 Å². The Kier molecular flexibility index (Phi) is 22.9. The van der Waals surface area contributed by atoms with Crippen LogP contribution in [0.5, 0.6) is 0 Å². The molecule has 5 aliphatic carbocycles. The quantitative estimate of drug-likeness (QED) is 0.166. The Bertz CT molecular complexity index is 4230. The lowest BCUT2D eigenvalue weighted by molar-refractivity contribution is 0.213. The minimum Gasteiger partial charge on any atom is -0.461 e. The number of benzene rings is 6. The molecule has 5 heteroatoms. The van der Waals surface area contributed by atoms with Crippen molar-refractivity contribution in [1.29, 1.82) is 0 Å². The minimum atomic E-state index is 0.281. The highest BCUT2D eigenvalue weighted by Crippen LogP contribution is 2.46. The Morgan fingerprint density at radius 2 is 0.663 bits per heavy atom. The second kappa shape index (κ2) is 31.1. The molecule has 98 heavy (non-hydrogen) atoms. The number of hydrogen-bond acceptors (Lipinski definition) is 5. The molecule has 16 rings (SSSR count). The standard InChI is InChI=1S/2C17H22O.2C15H18O.C15H20.C14H18O/c1-12-4-5-15-14(10-12)11-16(18-15)13-6-8-17(2,3)9-7-13;1-12-4-5-14-11-16(18-15(14)10-12)13-6-8-17(2,3)9-7-13;1-11-7-8-14-13(9-11)10-15(16-14)12-5-3-2-4-6-12;1-11-7-8-13-10-15(16-14(13)9-11)12-5-3-2-4-6-12;1-11-5-6-13-8-12(9-14(13)7-11)10-15(2,3)4;1-10-5-6-11-8-12(9-14(2,3)4)15-13(11)7-10/h2*4-5,10-11,13H,6-9H2,1-3H3;2*7-10,12H,2-6H2,1H3;5-7,9H,8,10H2,1-4H3;5-8H,9H2,1-4H3. The van der Waals surface area contributed by atoms with Crippen molar-refractivity contribution < 1.29 is 22.1 Å². The molecule has 11 aromatic rings. The van der Waals surface area contributed by atoms with Crippen LogP contribution in [0, 0.1) is 63.2 Å². The largest absolute Gasteiger partial charge is 0.461 e. The van der Waals surface area contributed by atoms with Gasteiger partial charge in [0.1, 0.15) is 56.7 Å². The van der Waals surface area contributed by atoms with Gasteiger partial charge in [-0.25, -0.2) is 0 Å². The molecule has 0 amide bonds. The van der Waals surface area contributed by atoms with Gasteiger partial charge in [0, 0.05) is 57.0 Å². The molecule has 4 fully saturated rings. The topological polar surface area (TPSA) is 65.7 Å². The SMILES string of the molecule is Cc1ccc2c(c1)C=C(CC(C)(C)C)C2.Cc1ccc2cc(C3CCC(C)(C)CC3)oc2c1.Cc1ccc2cc(C3CCCCC3)oc2c1.Cc1ccc2cc(CC(C)(C)C)oc2c1.Cc1ccc2oc(C3CCC(C)(C)CC3)cc2c1.Cc1ccc2oc(C3CCCCC3)cc2c1. The molecule has 0 bridgehead atoms. The van der Waals surface area contributed by atoms with E-state index < -0.39 is 0 Å². The summed E-state index contributed by atoms with van der Waals surface area (Å²) in [7, 11) is 0. The second-order valence-electron chi connectivity index (χ2n) is 34.7. The molecule has 0 atom stereocenters. The predicted octanol–water partition coefficient (Wildman–Crippen LogP) is 29.1. The number of allylic oxidation sites excluding steroid dienone is 1. The highest BCUT2D eigenvalue weighted by molar-refractivity contribution is 5.82. The fraction of sp³-hybridized carbons (Fsp3) is 0.484. The third-order valence-corrected chi connectivity index (χ3v) is 21.5. The van der Waals surface area contributed by atoms with Gasteiger partial charge in [-0.3, -0.25) is 0 Å². The lowest BCUT2D eigenvalue weighted by Crippen LogP contribution is -2.19. The number of furan rings is 5. The Morgan fingerprint density at radius 1 is 0.327 bits per heavy atom. The average molecular weight is 1320 g/mol. The maximum Gasteiger partial charge on any atom is 0.134 e. The summed E-state index contributed by atoms with van der Waals surface area (Å²) in [5.74, 6) is 8.50. The molecule has 0 unspecified atom stereocenters. The summed E-state index contributed by atoms with van der Waals surface area (Å²) in [5.41, 5.74) is 19.2. The van der Waals surface area contributed by atoms with E-state index in [1.54, 1.807) is 5.57 Å². The molecule has 520 valence electrons. The summed E-state index contributed by atoms with van der Waals surface area (Å²) in [6.07, 6.45) is 29.5. The van der Waals surface area contributed by atoms with E-state index in [-0.39, 0.29) is 5.41 Å². The summed E-state index contributed by atoms with van der Waals surface area (Å²) in [4.78, 5) is 0. The van der Waals surface area contributed by atoms with Crippen LogP contribution in [0.3, 0.4) is 0 Å². The van der Waals surface area contributed by atoms with Gasteiger partial charge in [-0.15, -0.1) is 0 Å². The van der Waals surface area contributed by atoms with Crippen LogP contribution in [0.2, 0.25) is 0 Å². The first kappa shape index (κ1) is 72.0. The summed E-state index contributed by atoms with van der Waals surface area (Å²) in [5, 5.41) is 6.24. The van der Waals surface area contributed by atoms with Crippen molar-refractivity contribution in [2.75, 3.05) is 0 Å². The van der Waals surface area contributed by atoms with Crippen molar-refractivity contribution in [1.82, 2.24) is 0 Å². The van der Waals surface area contributed by atoms with E-state index in [2.05, 4.69) is 256 Å². The van der Waals surface area contributed by atoms with Crippen LogP contribution in [-0.2, 0) is 12.8 Å². The van der Waals surface area contributed by atoms with Gasteiger partial charge in [-0.05, 0) is 254 Å². The van der Waals surface area contributed by atoms with Crippen LogP contribution in [-0.4, -0.2) is 0 Å². The molecule has 5 aromatic heterocycles. The predicted molar refractivity (Wildman–Crippen MR) is 416 cm³/mol. The number of rotatable bonds is 6. The molecule has 5 heterocycles. The van der Waals surface area contributed by atoms with E-state index in [4.69, 9.17) is 22.1 Å². The average Bonchev–Trinajstić information content (AvgIpc) is 1.72. The zero-order valence-corrected chi connectivity index (χ0v) is 63.1. The van der Waals surface area contributed by atoms with Crippen LogP contribution in [0.4, 0.5) is 0 Å². The zero-order chi connectivity index (χ0) is 69.5. The Balaban J connectivity index is 0.000000119. The van der Waals surface area contributed by atoms with Gasteiger partial charge in [-0.2, -0.15) is 0 Å². The molecule has 6 aromatic carbocycles. The van der Waals surface area contributed by atoms with Crippen LogP contribution in [0.25, 0.3) is 60.9 Å². The molecule has 0 N–H and O–H groups in total. The first-order valence-corrected chi connectivity index (χ1v) is 37.9. The van der Waals surface area contributed by atoms with Crippen molar-refractivity contribution in [3.05, 3.63) is 218 Å².